The van der Waals surface area contributed by atoms with E-state index in [1.165, 1.54) is 6.07 Å². The molecule has 3 unspecified atom stereocenters. The molecule has 0 bridgehead atoms. The van der Waals surface area contributed by atoms with Gasteiger partial charge in [-0.15, -0.1) is 0 Å². The van der Waals surface area contributed by atoms with Gasteiger partial charge in [0.2, 0.25) is 0 Å². The van der Waals surface area contributed by atoms with Crippen LogP contribution in [0.3, 0.4) is 0 Å². The van der Waals surface area contributed by atoms with Gasteiger partial charge >= 0.3 is 0 Å². The Hall–Kier alpha value is -2.62. The Balaban J connectivity index is 1.81. The Morgan fingerprint density at radius 2 is 1.68 bits per heavy atom. The molecular weight excluding hydrogens is 278 g/mol. The van der Waals surface area contributed by atoms with Crippen LogP contribution in [-0.2, 0) is 0 Å². The van der Waals surface area contributed by atoms with E-state index >= 15 is 0 Å². The van der Waals surface area contributed by atoms with E-state index in [2.05, 4.69) is 17.5 Å². The molecule has 1 aliphatic carbocycles. The summed E-state index contributed by atoms with van der Waals surface area (Å²) in [6.07, 6.45) is 5.24. The first-order valence-corrected chi connectivity index (χ1v) is 7.41. The van der Waals surface area contributed by atoms with E-state index in [1.54, 1.807) is 18.2 Å². The monoisotopic (exact) mass is 295 g/mol. The maximum Gasteiger partial charge on any atom is 0.124 e. The van der Waals surface area contributed by atoms with Crippen molar-refractivity contribution >= 4 is 5.69 Å². The lowest BCUT2D eigenvalue weighted by atomic mass is 9.77. The zero-order valence-corrected chi connectivity index (χ0v) is 11.9. The summed E-state index contributed by atoms with van der Waals surface area (Å²) in [5.74, 6) is 0.936. The second-order valence-electron chi connectivity index (χ2n) is 5.99. The van der Waals surface area contributed by atoms with Crippen LogP contribution in [0.2, 0.25) is 0 Å². The van der Waals surface area contributed by atoms with Crippen molar-refractivity contribution in [1.82, 2.24) is 0 Å². The lowest BCUT2D eigenvalue weighted by Gasteiger charge is -2.37. The topological polar surface area (TPSA) is 72.7 Å². The molecule has 4 heteroatoms. The van der Waals surface area contributed by atoms with Gasteiger partial charge < -0.3 is 20.6 Å². The summed E-state index contributed by atoms with van der Waals surface area (Å²) in [6.45, 7) is 0. The molecule has 4 nitrogen and oxygen atoms in total. The van der Waals surface area contributed by atoms with Crippen LogP contribution in [0.1, 0.15) is 29.5 Å². The van der Waals surface area contributed by atoms with Gasteiger partial charge in [-0.1, -0.05) is 12.2 Å². The summed E-state index contributed by atoms with van der Waals surface area (Å²) in [4.78, 5) is 0. The van der Waals surface area contributed by atoms with E-state index in [0.29, 0.717) is 0 Å². The van der Waals surface area contributed by atoms with Gasteiger partial charge in [0.1, 0.15) is 17.2 Å². The number of anilines is 1. The van der Waals surface area contributed by atoms with Crippen LogP contribution in [0.15, 0.2) is 48.6 Å². The highest BCUT2D eigenvalue weighted by molar-refractivity contribution is 5.62. The highest BCUT2D eigenvalue weighted by Gasteiger charge is 2.38. The van der Waals surface area contributed by atoms with E-state index in [4.69, 9.17) is 0 Å². The number of aromatic hydroxyl groups is 3. The molecule has 22 heavy (non-hydrogen) atoms. The fourth-order valence-corrected chi connectivity index (χ4v) is 3.68. The third-order valence-electron chi connectivity index (χ3n) is 4.70. The number of allylic oxidation sites excluding steroid dienone is 2. The molecular formula is C18H17NO3. The molecule has 4 N–H and O–H groups in total. The van der Waals surface area contributed by atoms with Gasteiger partial charge in [0.15, 0.2) is 0 Å². The Morgan fingerprint density at radius 1 is 0.909 bits per heavy atom. The van der Waals surface area contributed by atoms with Crippen molar-refractivity contribution < 1.29 is 15.3 Å². The quantitative estimate of drug-likeness (QED) is 0.479. The molecule has 0 fully saturated rings. The third kappa shape index (κ3) is 1.91. The number of rotatable bonds is 1. The van der Waals surface area contributed by atoms with Crippen molar-refractivity contribution in [3.05, 3.63) is 59.7 Å². The van der Waals surface area contributed by atoms with Gasteiger partial charge in [-0.25, -0.2) is 0 Å². The van der Waals surface area contributed by atoms with Gasteiger partial charge in [0.25, 0.3) is 0 Å². The lowest BCUT2D eigenvalue weighted by molar-refractivity contribution is 0.396. The Morgan fingerprint density at radius 3 is 2.50 bits per heavy atom. The van der Waals surface area contributed by atoms with Crippen LogP contribution < -0.4 is 5.32 Å². The summed E-state index contributed by atoms with van der Waals surface area (Å²) in [7, 11) is 0. The van der Waals surface area contributed by atoms with Crippen LogP contribution in [0.5, 0.6) is 17.2 Å². The van der Waals surface area contributed by atoms with Gasteiger partial charge in [-0.05, 0) is 48.2 Å². The zero-order valence-electron chi connectivity index (χ0n) is 11.9. The minimum atomic E-state index is -0.0300. The standard InChI is InChI=1S/C18H17NO3/c20-10-5-7-16-15(8-10)12-2-1-3-13(12)18(19-16)14-6-4-11(21)9-17(14)22/h1-2,4-9,12-13,18-22H,3H2. The van der Waals surface area contributed by atoms with Crippen LogP contribution in [0.4, 0.5) is 5.69 Å². The van der Waals surface area contributed by atoms with E-state index in [9.17, 15) is 15.3 Å². The Kier molecular flexibility index (Phi) is 2.79. The van der Waals surface area contributed by atoms with Crippen LogP contribution >= 0.6 is 0 Å². The molecule has 112 valence electrons. The summed E-state index contributed by atoms with van der Waals surface area (Å²) in [6, 6.07) is 10.1. The summed E-state index contributed by atoms with van der Waals surface area (Å²) < 4.78 is 0. The van der Waals surface area contributed by atoms with Gasteiger partial charge in [-0.3, -0.25) is 0 Å². The Labute approximate surface area is 128 Å². The molecule has 0 saturated carbocycles. The van der Waals surface area contributed by atoms with Crippen LogP contribution in [0.25, 0.3) is 0 Å². The molecule has 1 aliphatic heterocycles. The number of nitrogens with one attached hydrogen (secondary N) is 1. The van der Waals surface area contributed by atoms with E-state index in [1.807, 2.05) is 12.1 Å². The normalized spacial score (nSPS) is 25.4. The maximum atomic E-state index is 10.2. The summed E-state index contributed by atoms with van der Waals surface area (Å²) >= 11 is 0. The number of hydrogen-bond donors (Lipinski definition) is 4. The highest BCUT2D eigenvalue weighted by atomic mass is 16.3. The smallest absolute Gasteiger partial charge is 0.124 e. The maximum absolute atomic E-state index is 10.2. The number of phenolic OH excluding ortho intramolecular Hbond substituents is 3. The molecule has 0 aromatic heterocycles. The van der Waals surface area contributed by atoms with E-state index < -0.39 is 0 Å². The Bertz CT molecular complexity index is 769. The van der Waals surface area contributed by atoms with Crippen molar-refractivity contribution in [2.75, 3.05) is 5.32 Å². The van der Waals surface area contributed by atoms with Crippen LogP contribution in [0, 0.1) is 5.92 Å². The van der Waals surface area contributed by atoms with E-state index in [-0.39, 0.29) is 35.1 Å². The SMILES string of the molecule is Oc1ccc(C2Nc3ccc(O)cc3C3C=CCC32)c(O)c1. The second kappa shape index (κ2) is 4.70. The number of benzene rings is 2. The first-order chi connectivity index (χ1) is 10.6. The minimum Gasteiger partial charge on any atom is -0.508 e. The van der Waals surface area contributed by atoms with Crippen molar-refractivity contribution in [3.63, 3.8) is 0 Å². The minimum absolute atomic E-state index is 0.0300. The number of phenols is 3. The first kappa shape index (κ1) is 13.1. The number of fused-ring (bicyclic) bond motifs is 3. The largest absolute Gasteiger partial charge is 0.508 e. The first-order valence-electron chi connectivity index (χ1n) is 7.41. The van der Waals surface area contributed by atoms with Crippen molar-refractivity contribution in [3.8, 4) is 17.2 Å². The predicted octanol–water partition coefficient (Wildman–Crippen LogP) is 3.63. The van der Waals surface area contributed by atoms with Crippen molar-refractivity contribution in [2.45, 2.75) is 18.4 Å². The molecule has 0 saturated heterocycles. The summed E-state index contributed by atoms with van der Waals surface area (Å²) in [5.41, 5.74) is 2.85. The number of hydrogen-bond acceptors (Lipinski definition) is 4. The molecule has 0 amide bonds. The predicted molar refractivity (Wildman–Crippen MR) is 84.2 cm³/mol. The van der Waals surface area contributed by atoms with Gasteiger partial charge in [0.05, 0.1) is 6.04 Å². The van der Waals surface area contributed by atoms with Crippen molar-refractivity contribution in [2.24, 2.45) is 5.92 Å². The fourth-order valence-electron chi connectivity index (χ4n) is 3.68. The van der Waals surface area contributed by atoms with Gasteiger partial charge in [0, 0.05) is 23.2 Å². The van der Waals surface area contributed by atoms with Crippen molar-refractivity contribution in [1.29, 1.82) is 0 Å². The van der Waals surface area contributed by atoms with Crippen LogP contribution in [-0.4, -0.2) is 15.3 Å². The molecule has 4 rings (SSSR count). The molecule has 3 atom stereocenters. The highest BCUT2D eigenvalue weighted by Crippen LogP contribution is 2.51. The van der Waals surface area contributed by atoms with Gasteiger partial charge in [-0.2, -0.15) is 0 Å². The lowest BCUT2D eigenvalue weighted by Crippen LogP contribution is -2.29. The molecule has 2 aromatic carbocycles. The molecule has 0 spiro atoms. The third-order valence-corrected chi connectivity index (χ3v) is 4.70. The fraction of sp³-hybridized carbons (Fsp3) is 0.222. The second-order valence-corrected chi connectivity index (χ2v) is 5.99. The zero-order chi connectivity index (χ0) is 15.3. The molecule has 1 heterocycles. The average molecular weight is 295 g/mol. The molecule has 2 aromatic rings. The molecule has 2 aliphatic rings. The molecule has 0 radical (unpaired) electrons. The average Bonchev–Trinajstić information content (AvgIpc) is 2.97. The summed E-state index contributed by atoms with van der Waals surface area (Å²) in [5, 5.41) is 32.9. The van der Waals surface area contributed by atoms with E-state index in [0.717, 1.165) is 23.2 Å².